The van der Waals surface area contributed by atoms with Crippen molar-refractivity contribution in [2.45, 2.75) is 25.8 Å². The van der Waals surface area contributed by atoms with Gasteiger partial charge in [0.2, 0.25) is 0 Å². The molecule has 2 atom stereocenters. The molecule has 2 nitrogen and oxygen atoms in total. The highest BCUT2D eigenvalue weighted by Gasteiger charge is 2.35. The molecule has 0 amide bonds. The minimum absolute atomic E-state index is 0.356. The van der Waals surface area contributed by atoms with Crippen molar-refractivity contribution in [1.82, 2.24) is 0 Å². The van der Waals surface area contributed by atoms with Gasteiger partial charge in [-0.05, 0) is 30.5 Å². The minimum atomic E-state index is -0.356. The van der Waals surface area contributed by atoms with Gasteiger partial charge in [-0.25, -0.2) is 4.39 Å². The summed E-state index contributed by atoms with van der Waals surface area (Å²) in [6.07, 6.45) is 2.30. The van der Waals surface area contributed by atoms with E-state index >= 15 is 0 Å². The summed E-state index contributed by atoms with van der Waals surface area (Å²) >= 11 is 0. The van der Waals surface area contributed by atoms with Gasteiger partial charge in [0.25, 0.3) is 0 Å². The summed E-state index contributed by atoms with van der Waals surface area (Å²) < 4.78 is 13.1. The molecule has 2 unspecified atom stereocenters. The van der Waals surface area contributed by atoms with E-state index in [0.29, 0.717) is 23.2 Å². The van der Waals surface area contributed by atoms with E-state index in [0.717, 1.165) is 12.8 Å². The normalized spacial score (nSPS) is 23.3. The van der Waals surface area contributed by atoms with Gasteiger partial charge >= 0.3 is 0 Å². The smallest absolute Gasteiger partial charge is 0.126 e. The van der Waals surface area contributed by atoms with Crippen LogP contribution in [0.3, 0.4) is 0 Å². The molecule has 15 heavy (non-hydrogen) atoms. The second-order valence-electron chi connectivity index (χ2n) is 4.00. The molecule has 1 fully saturated rings. The predicted octanol–water partition coefficient (Wildman–Crippen LogP) is 2.91. The van der Waals surface area contributed by atoms with E-state index in [1.165, 1.54) is 12.1 Å². The SMILES string of the molecule is CCC1CC1Nc1cc(F)cc(C#N)c1. The van der Waals surface area contributed by atoms with Gasteiger partial charge in [-0.15, -0.1) is 0 Å². The van der Waals surface area contributed by atoms with Gasteiger partial charge in [0, 0.05) is 11.7 Å². The Labute approximate surface area is 88.7 Å². The molecule has 0 radical (unpaired) electrons. The first kappa shape index (κ1) is 9.97. The summed E-state index contributed by atoms with van der Waals surface area (Å²) in [4.78, 5) is 0. The van der Waals surface area contributed by atoms with Crippen molar-refractivity contribution >= 4 is 5.69 Å². The lowest BCUT2D eigenvalue weighted by Crippen LogP contribution is -2.04. The van der Waals surface area contributed by atoms with Crippen molar-refractivity contribution in [2.75, 3.05) is 5.32 Å². The first-order valence-corrected chi connectivity index (χ1v) is 5.20. The molecule has 0 heterocycles. The second kappa shape index (κ2) is 3.90. The fourth-order valence-electron chi connectivity index (χ4n) is 1.83. The number of benzene rings is 1. The molecule has 0 bridgehead atoms. The van der Waals surface area contributed by atoms with Crippen LogP contribution in [0.2, 0.25) is 0 Å². The number of hydrogen-bond acceptors (Lipinski definition) is 2. The molecule has 1 saturated carbocycles. The van der Waals surface area contributed by atoms with E-state index in [1.54, 1.807) is 6.07 Å². The molecule has 1 N–H and O–H groups in total. The molecular formula is C12H13FN2. The highest BCUT2D eigenvalue weighted by molar-refractivity contribution is 5.51. The summed E-state index contributed by atoms with van der Waals surface area (Å²) in [5.74, 6) is 0.351. The number of nitrogens with one attached hydrogen (secondary N) is 1. The Bertz CT molecular complexity index is 409. The summed E-state index contributed by atoms with van der Waals surface area (Å²) in [5, 5.41) is 11.9. The van der Waals surface area contributed by atoms with Crippen molar-refractivity contribution in [3.8, 4) is 6.07 Å². The Morgan fingerprint density at radius 1 is 1.53 bits per heavy atom. The molecule has 1 aromatic rings. The van der Waals surface area contributed by atoms with Crippen LogP contribution in [0, 0.1) is 23.1 Å². The number of anilines is 1. The van der Waals surface area contributed by atoms with Gasteiger partial charge in [0.05, 0.1) is 11.6 Å². The molecule has 1 aromatic carbocycles. The fraction of sp³-hybridized carbons (Fsp3) is 0.417. The van der Waals surface area contributed by atoms with Gasteiger partial charge in [0.15, 0.2) is 0 Å². The van der Waals surface area contributed by atoms with E-state index < -0.39 is 0 Å². The van der Waals surface area contributed by atoms with Gasteiger partial charge in [-0.3, -0.25) is 0 Å². The van der Waals surface area contributed by atoms with Crippen LogP contribution in [0.4, 0.5) is 10.1 Å². The van der Waals surface area contributed by atoms with E-state index in [1.807, 2.05) is 6.07 Å². The molecule has 0 aliphatic heterocycles. The number of hydrogen-bond donors (Lipinski definition) is 1. The Kier molecular flexibility index (Phi) is 2.59. The third-order valence-corrected chi connectivity index (χ3v) is 2.83. The Balaban J connectivity index is 2.09. The fourth-order valence-corrected chi connectivity index (χ4v) is 1.83. The van der Waals surface area contributed by atoms with Crippen molar-refractivity contribution in [3.63, 3.8) is 0 Å². The number of nitriles is 1. The monoisotopic (exact) mass is 204 g/mol. The third-order valence-electron chi connectivity index (χ3n) is 2.83. The van der Waals surface area contributed by atoms with Gasteiger partial charge in [-0.2, -0.15) is 5.26 Å². The van der Waals surface area contributed by atoms with E-state index in [2.05, 4.69) is 12.2 Å². The van der Waals surface area contributed by atoms with Crippen LogP contribution in [0.5, 0.6) is 0 Å². The highest BCUT2D eigenvalue weighted by atomic mass is 19.1. The summed E-state index contributed by atoms with van der Waals surface area (Å²) in [6, 6.07) is 6.78. The lowest BCUT2D eigenvalue weighted by atomic mass is 10.2. The molecular weight excluding hydrogens is 191 g/mol. The van der Waals surface area contributed by atoms with E-state index in [9.17, 15) is 4.39 Å². The standard InChI is InChI=1S/C12H13FN2/c1-2-9-5-12(9)15-11-4-8(7-14)3-10(13)6-11/h3-4,6,9,12,15H,2,5H2,1H3. The summed E-state index contributed by atoms with van der Waals surface area (Å²) in [5.41, 5.74) is 1.08. The minimum Gasteiger partial charge on any atom is -0.382 e. The maximum absolute atomic E-state index is 13.1. The maximum Gasteiger partial charge on any atom is 0.126 e. The average Bonchev–Trinajstić information content (AvgIpc) is 2.95. The predicted molar refractivity (Wildman–Crippen MR) is 56.9 cm³/mol. The Hall–Kier alpha value is -1.56. The van der Waals surface area contributed by atoms with Crippen LogP contribution in [0.15, 0.2) is 18.2 Å². The largest absolute Gasteiger partial charge is 0.382 e. The molecule has 0 aromatic heterocycles. The van der Waals surface area contributed by atoms with Crippen molar-refractivity contribution in [3.05, 3.63) is 29.6 Å². The van der Waals surface area contributed by atoms with Crippen molar-refractivity contribution in [2.24, 2.45) is 5.92 Å². The van der Waals surface area contributed by atoms with Crippen LogP contribution < -0.4 is 5.32 Å². The van der Waals surface area contributed by atoms with Crippen LogP contribution >= 0.6 is 0 Å². The highest BCUT2D eigenvalue weighted by Crippen LogP contribution is 2.36. The number of nitrogens with zero attached hydrogens (tertiary/aromatic N) is 1. The van der Waals surface area contributed by atoms with Gasteiger partial charge in [0.1, 0.15) is 5.82 Å². The van der Waals surface area contributed by atoms with Crippen LogP contribution in [-0.4, -0.2) is 6.04 Å². The third kappa shape index (κ3) is 2.27. The molecule has 0 spiro atoms. The molecule has 78 valence electrons. The van der Waals surface area contributed by atoms with E-state index in [-0.39, 0.29) is 5.82 Å². The molecule has 3 heteroatoms. The summed E-state index contributed by atoms with van der Waals surface area (Å²) in [7, 11) is 0. The van der Waals surface area contributed by atoms with Crippen LogP contribution in [0.25, 0.3) is 0 Å². The van der Waals surface area contributed by atoms with Crippen LogP contribution in [-0.2, 0) is 0 Å². The lowest BCUT2D eigenvalue weighted by Gasteiger charge is -2.05. The summed E-state index contributed by atoms with van der Waals surface area (Å²) in [6.45, 7) is 2.15. The molecule has 0 saturated heterocycles. The lowest BCUT2D eigenvalue weighted by molar-refractivity contribution is 0.627. The Morgan fingerprint density at radius 3 is 2.93 bits per heavy atom. The maximum atomic E-state index is 13.1. The first-order chi connectivity index (χ1) is 7.22. The average molecular weight is 204 g/mol. The van der Waals surface area contributed by atoms with Crippen molar-refractivity contribution in [1.29, 1.82) is 5.26 Å². The zero-order chi connectivity index (χ0) is 10.8. The number of halogens is 1. The Morgan fingerprint density at radius 2 is 2.33 bits per heavy atom. The van der Waals surface area contributed by atoms with Crippen LogP contribution in [0.1, 0.15) is 25.3 Å². The topological polar surface area (TPSA) is 35.8 Å². The molecule has 2 rings (SSSR count). The second-order valence-corrected chi connectivity index (χ2v) is 4.00. The van der Waals surface area contributed by atoms with Gasteiger partial charge in [-0.1, -0.05) is 13.3 Å². The first-order valence-electron chi connectivity index (χ1n) is 5.20. The molecule has 1 aliphatic carbocycles. The van der Waals surface area contributed by atoms with Crippen molar-refractivity contribution < 1.29 is 4.39 Å². The molecule has 1 aliphatic rings. The zero-order valence-corrected chi connectivity index (χ0v) is 8.63. The van der Waals surface area contributed by atoms with Gasteiger partial charge < -0.3 is 5.32 Å². The number of rotatable bonds is 3. The zero-order valence-electron chi connectivity index (χ0n) is 8.63. The van der Waals surface area contributed by atoms with E-state index in [4.69, 9.17) is 5.26 Å². The quantitative estimate of drug-likeness (QED) is 0.821.